The molecule has 5 heteroatoms. The van der Waals surface area contributed by atoms with Gasteiger partial charge in [-0.2, -0.15) is 0 Å². The summed E-state index contributed by atoms with van der Waals surface area (Å²) in [6, 6.07) is 5.81. The molecular formula is C16H17N3OS. The summed E-state index contributed by atoms with van der Waals surface area (Å²) in [6.07, 6.45) is 0. The molecule has 0 unspecified atom stereocenters. The Morgan fingerprint density at radius 1 is 1.33 bits per heavy atom. The van der Waals surface area contributed by atoms with E-state index in [0.717, 1.165) is 27.3 Å². The number of nitrogens with zero attached hydrogens (tertiary/aromatic N) is 1. The van der Waals surface area contributed by atoms with E-state index in [-0.39, 0.29) is 5.91 Å². The van der Waals surface area contributed by atoms with E-state index in [1.54, 1.807) is 11.3 Å². The second kappa shape index (κ2) is 5.33. The zero-order valence-corrected chi connectivity index (χ0v) is 13.1. The van der Waals surface area contributed by atoms with Crippen molar-refractivity contribution in [1.82, 2.24) is 15.3 Å². The second-order valence-electron chi connectivity index (χ2n) is 5.17. The van der Waals surface area contributed by atoms with Crippen LogP contribution in [0.1, 0.15) is 32.3 Å². The lowest BCUT2D eigenvalue weighted by atomic mass is 10.1. The van der Waals surface area contributed by atoms with Crippen LogP contribution in [-0.4, -0.2) is 15.9 Å². The summed E-state index contributed by atoms with van der Waals surface area (Å²) < 4.78 is 0. The van der Waals surface area contributed by atoms with E-state index >= 15 is 0 Å². The Bertz CT molecular complexity index is 816. The van der Waals surface area contributed by atoms with Crippen LogP contribution in [0.4, 0.5) is 0 Å². The molecular weight excluding hydrogens is 282 g/mol. The number of aromatic nitrogens is 2. The Labute approximate surface area is 127 Å². The van der Waals surface area contributed by atoms with Gasteiger partial charge in [-0.15, -0.1) is 11.3 Å². The third-order valence-corrected chi connectivity index (χ3v) is 4.62. The summed E-state index contributed by atoms with van der Waals surface area (Å²) in [4.78, 5) is 20.1. The fraction of sp³-hybridized carbons (Fsp3) is 0.250. The predicted molar refractivity (Wildman–Crippen MR) is 85.8 cm³/mol. The molecule has 0 aliphatic heterocycles. The second-order valence-corrected chi connectivity index (χ2v) is 6.11. The predicted octanol–water partition coefficient (Wildman–Crippen LogP) is 3.48. The van der Waals surface area contributed by atoms with Crippen LogP contribution < -0.4 is 5.32 Å². The van der Waals surface area contributed by atoms with Gasteiger partial charge < -0.3 is 10.3 Å². The number of aromatic amines is 1. The van der Waals surface area contributed by atoms with Gasteiger partial charge in [-0.05, 0) is 32.4 Å². The number of rotatable bonds is 3. The molecule has 0 spiro atoms. The van der Waals surface area contributed by atoms with Crippen LogP contribution in [0.15, 0.2) is 23.6 Å². The van der Waals surface area contributed by atoms with Crippen LogP contribution in [0, 0.1) is 20.8 Å². The third-order valence-electron chi connectivity index (χ3n) is 3.65. The van der Waals surface area contributed by atoms with Crippen LogP contribution in [0.3, 0.4) is 0 Å². The molecule has 0 saturated carbocycles. The number of hydrogen-bond acceptors (Lipinski definition) is 3. The molecule has 2 N–H and O–H groups in total. The van der Waals surface area contributed by atoms with Crippen molar-refractivity contribution in [2.24, 2.45) is 0 Å². The molecule has 4 nitrogen and oxygen atoms in total. The highest BCUT2D eigenvalue weighted by Crippen LogP contribution is 2.24. The summed E-state index contributed by atoms with van der Waals surface area (Å²) in [5.41, 5.74) is 4.86. The molecule has 1 aromatic carbocycles. The van der Waals surface area contributed by atoms with E-state index < -0.39 is 0 Å². The minimum atomic E-state index is -0.0743. The summed E-state index contributed by atoms with van der Waals surface area (Å²) in [5, 5.41) is 6.95. The van der Waals surface area contributed by atoms with Gasteiger partial charge in [0.05, 0.1) is 17.6 Å². The quantitative estimate of drug-likeness (QED) is 0.778. The number of para-hydroxylation sites is 1. The maximum Gasteiger partial charge on any atom is 0.253 e. The fourth-order valence-electron chi connectivity index (χ4n) is 2.41. The molecule has 0 aliphatic rings. The molecule has 1 amide bonds. The number of thiazole rings is 1. The van der Waals surface area contributed by atoms with Crippen LogP contribution >= 0.6 is 11.3 Å². The lowest BCUT2D eigenvalue weighted by Gasteiger charge is -2.04. The molecule has 0 aliphatic carbocycles. The van der Waals surface area contributed by atoms with Crippen molar-refractivity contribution in [2.45, 2.75) is 27.3 Å². The van der Waals surface area contributed by atoms with E-state index in [1.165, 1.54) is 5.56 Å². The van der Waals surface area contributed by atoms with Gasteiger partial charge in [0.2, 0.25) is 0 Å². The Hall–Kier alpha value is -2.14. The maximum absolute atomic E-state index is 12.4. The van der Waals surface area contributed by atoms with Crippen LogP contribution in [-0.2, 0) is 6.54 Å². The van der Waals surface area contributed by atoms with Gasteiger partial charge in [0.25, 0.3) is 5.91 Å². The molecule has 2 heterocycles. The van der Waals surface area contributed by atoms with Gasteiger partial charge in [-0.1, -0.05) is 12.1 Å². The molecule has 21 heavy (non-hydrogen) atoms. The van der Waals surface area contributed by atoms with Crippen molar-refractivity contribution in [1.29, 1.82) is 0 Å². The minimum absolute atomic E-state index is 0.0743. The number of fused-ring (bicyclic) bond motifs is 1. The van der Waals surface area contributed by atoms with Gasteiger partial charge in [-0.3, -0.25) is 4.79 Å². The largest absolute Gasteiger partial charge is 0.358 e. The Balaban J connectivity index is 1.86. The lowest BCUT2D eigenvalue weighted by Crippen LogP contribution is -2.23. The smallest absolute Gasteiger partial charge is 0.253 e. The SMILES string of the molecule is Cc1csc(CNC(=O)c2cccc3c(C)c(C)[nH]c23)n1. The van der Waals surface area contributed by atoms with Gasteiger partial charge >= 0.3 is 0 Å². The van der Waals surface area contributed by atoms with Gasteiger partial charge in [-0.25, -0.2) is 4.98 Å². The zero-order valence-electron chi connectivity index (χ0n) is 12.3. The Morgan fingerprint density at radius 3 is 2.86 bits per heavy atom. The number of carbonyl (C=O) groups excluding carboxylic acids is 1. The molecule has 0 fully saturated rings. The topological polar surface area (TPSA) is 57.8 Å². The molecule has 0 saturated heterocycles. The van der Waals surface area contributed by atoms with Crippen molar-refractivity contribution in [2.75, 3.05) is 0 Å². The molecule has 3 aromatic rings. The zero-order chi connectivity index (χ0) is 15.0. The van der Waals surface area contributed by atoms with Crippen molar-refractivity contribution in [3.05, 3.63) is 51.1 Å². The lowest BCUT2D eigenvalue weighted by molar-refractivity contribution is 0.0952. The van der Waals surface area contributed by atoms with Gasteiger partial charge in [0.15, 0.2) is 0 Å². The van der Waals surface area contributed by atoms with E-state index in [9.17, 15) is 4.79 Å². The van der Waals surface area contributed by atoms with E-state index in [1.807, 2.05) is 37.4 Å². The first-order chi connectivity index (χ1) is 10.1. The van der Waals surface area contributed by atoms with Gasteiger partial charge in [0.1, 0.15) is 5.01 Å². The van der Waals surface area contributed by atoms with E-state index in [2.05, 4.69) is 22.2 Å². The monoisotopic (exact) mass is 299 g/mol. The first-order valence-electron chi connectivity index (χ1n) is 6.83. The first kappa shape index (κ1) is 13.8. The number of hydrogen-bond donors (Lipinski definition) is 2. The standard InChI is InChI=1S/C16H17N3OS/c1-9-8-21-14(18-9)7-17-16(20)13-6-4-5-12-10(2)11(3)19-15(12)13/h4-6,8,19H,7H2,1-3H3,(H,17,20). The van der Waals surface area contributed by atoms with Crippen LogP contribution in [0.25, 0.3) is 10.9 Å². The molecule has 108 valence electrons. The molecule has 0 bridgehead atoms. The van der Waals surface area contributed by atoms with Crippen molar-refractivity contribution >= 4 is 28.1 Å². The minimum Gasteiger partial charge on any atom is -0.358 e. The van der Waals surface area contributed by atoms with E-state index in [4.69, 9.17) is 0 Å². The fourth-order valence-corrected chi connectivity index (χ4v) is 3.12. The summed E-state index contributed by atoms with van der Waals surface area (Å²) in [6.45, 7) is 6.50. The van der Waals surface area contributed by atoms with E-state index in [0.29, 0.717) is 12.1 Å². The molecule has 0 atom stereocenters. The maximum atomic E-state index is 12.4. The number of H-pyrrole nitrogens is 1. The first-order valence-corrected chi connectivity index (χ1v) is 7.71. The number of amides is 1. The number of carbonyl (C=O) groups is 1. The highest BCUT2D eigenvalue weighted by molar-refractivity contribution is 7.09. The average molecular weight is 299 g/mol. The highest BCUT2D eigenvalue weighted by Gasteiger charge is 2.14. The summed E-state index contributed by atoms with van der Waals surface area (Å²) in [5.74, 6) is -0.0743. The number of aryl methyl sites for hydroxylation is 3. The highest BCUT2D eigenvalue weighted by atomic mass is 32.1. The average Bonchev–Trinajstić information content (AvgIpc) is 3.01. The molecule has 3 rings (SSSR count). The third kappa shape index (κ3) is 2.56. The van der Waals surface area contributed by atoms with Crippen molar-refractivity contribution < 1.29 is 4.79 Å². The van der Waals surface area contributed by atoms with Crippen molar-refractivity contribution in [3.63, 3.8) is 0 Å². The molecule has 0 radical (unpaired) electrons. The molecule has 2 aromatic heterocycles. The Kier molecular flexibility index (Phi) is 3.51. The normalized spacial score (nSPS) is 11.0. The summed E-state index contributed by atoms with van der Waals surface area (Å²) >= 11 is 1.56. The van der Waals surface area contributed by atoms with Gasteiger partial charge in [0, 0.05) is 22.2 Å². The number of nitrogens with one attached hydrogen (secondary N) is 2. The summed E-state index contributed by atoms with van der Waals surface area (Å²) in [7, 11) is 0. The van der Waals surface area contributed by atoms with Crippen molar-refractivity contribution in [3.8, 4) is 0 Å². The number of benzene rings is 1. The Morgan fingerprint density at radius 2 is 2.14 bits per heavy atom. The van der Waals surface area contributed by atoms with Crippen LogP contribution in [0.5, 0.6) is 0 Å². The van der Waals surface area contributed by atoms with Crippen LogP contribution in [0.2, 0.25) is 0 Å².